The highest BCUT2D eigenvalue weighted by molar-refractivity contribution is 6.01. The number of benzene rings is 2. The van der Waals surface area contributed by atoms with Crippen LogP contribution in [0.25, 0.3) is 0 Å². The first-order valence-corrected chi connectivity index (χ1v) is 7.14. The second-order valence-electron chi connectivity index (χ2n) is 5.15. The van der Waals surface area contributed by atoms with Crippen LogP contribution in [0.2, 0.25) is 0 Å². The van der Waals surface area contributed by atoms with Gasteiger partial charge < -0.3 is 0 Å². The number of hydrazone groups is 1. The maximum Gasteiger partial charge on any atom is 0.273 e. The summed E-state index contributed by atoms with van der Waals surface area (Å²) in [5, 5.41) is 25.6. The number of nitrogens with one attached hydrogen (secondary N) is 1. The van der Waals surface area contributed by atoms with Crippen LogP contribution in [0.5, 0.6) is 0 Å². The number of non-ortho nitro benzene ring substituents is 1. The SMILES string of the molecule is C/C(=N/NC(=O)c1cccc([N+](=O)[O-])c1C)c1cccc([N+](=O)[O-])c1. The van der Waals surface area contributed by atoms with Crippen LogP contribution in [0.1, 0.15) is 28.4 Å². The van der Waals surface area contributed by atoms with Gasteiger partial charge >= 0.3 is 0 Å². The Bertz CT molecular complexity index is 892. The molecule has 0 spiro atoms. The lowest BCUT2D eigenvalue weighted by molar-refractivity contribution is -0.385. The second kappa shape index (κ2) is 7.30. The summed E-state index contributed by atoms with van der Waals surface area (Å²) in [6, 6.07) is 10.00. The van der Waals surface area contributed by atoms with Gasteiger partial charge in [-0.05, 0) is 19.9 Å². The highest BCUT2D eigenvalue weighted by atomic mass is 16.6. The van der Waals surface area contributed by atoms with E-state index in [1.165, 1.54) is 43.3 Å². The molecule has 0 fully saturated rings. The minimum absolute atomic E-state index is 0.0899. The number of nitro groups is 2. The summed E-state index contributed by atoms with van der Waals surface area (Å²) in [7, 11) is 0. The fourth-order valence-electron chi connectivity index (χ4n) is 2.17. The summed E-state index contributed by atoms with van der Waals surface area (Å²) in [6.07, 6.45) is 0. The Morgan fingerprint density at radius 3 is 2.40 bits per heavy atom. The quantitative estimate of drug-likeness (QED) is 0.507. The summed E-state index contributed by atoms with van der Waals surface area (Å²) in [5.74, 6) is -0.606. The molecule has 0 unspecified atom stereocenters. The van der Waals surface area contributed by atoms with Crippen LogP contribution in [0, 0.1) is 27.2 Å². The lowest BCUT2D eigenvalue weighted by Crippen LogP contribution is -2.20. The Hall–Kier alpha value is -3.62. The Balaban J connectivity index is 2.23. The van der Waals surface area contributed by atoms with Gasteiger partial charge in [-0.3, -0.25) is 25.0 Å². The Morgan fingerprint density at radius 2 is 1.76 bits per heavy atom. The topological polar surface area (TPSA) is 128 Å². The van der Waals surface area contributed by atoms with Gasteiger partial charge in [0, 0.05) is 29.3 Å². The van der Waals surface area contributed by atoms with Gasteiger partial charge in [0.15, 0.2) is 0 Å². The van der Waals surface area contributed by atoms with Gasteiger partial charge in [-0.2, -0.15) is 5.10 Å². The molecule has 128 valence electrons. The zero-order valence-electron chi connectivity index (χ0n) is 13.4. The van der Waals surface area contributed by atoms with Crippen molar-refractivity contribution in [3.05, 3.63) is 79.4 Å². The van der Waals surface area contributed by atoms with Gasteiger partial charge in [-0.1, -0.05) is 18.2 Å². The number of carbonyl (C=O) groups excluding carboxylic acids is 1. The van der Waals surface area contributed by atoms with Crippen LogP contribution >= 0.6 is 0 Å². The molecule has 0 aromatic heterocycles. The molecule has 1 N–H and O–H groups in total. The highest BCUT2D eigenvalue weighted by Crippen LogP contribution is 2.21. The molecular weight excluding hydrogens is 328 g/mol. The molecule has 2 aromatic carbocycles. The average molecular weight is 342 g/mol. The smallest absolute Gasteiger partial charge is 0.267 e. The molecule has 0 heterocycles. The van der Waals surface area contributed by atoms with Crippen molar-refractivity contribution in [2.24, 2.45) is 5.10 Å². The molecular formula is C16H14N4O5. The van der Waals surface area contributed by atoms with Gasteiger partial charge in [-0.15, -0.1) is 0 Å². The molecule has 0 bridgehead atoms. The molecule has 1 amide bonds. The van der Waals surface area contributed by atoms with Crippen LogP contribution in [0.3, 0.4) is 0 Å². The first-order chi connectivity index (χ1) is 11.8. The van der Waals surface area contributed by atoms with Crippen LogP contribution in [-0.2, 0) is 0 Å². The molecule has 2 aromatic rings. The monoisotopic (exact) mass is 342 g/mol. The zero-order valence-corrected chi connectivity index (χ0v) is 13.4. The van der Waals surface area contributed by atoms with E-state index < -0.39 is 15.8 Å². The van der Waals surface area contributed by atoms with E-state index in [9.17, 15) is 25.0 Å². The van der Waals surface area contributed by atoms with Crippen LogP contribution in [-0.4, -0.2) is 21.5 Å². The normalized spacial score (nSPS) is 11.0. The molecule has 0 atom stereocenters. The third-order valence-corrected chi connectivity index (χ3v) is 3.55. The van der Waals surface area contributed by atoms with Crippen molar-refractivity contribution < 1.29 is 14.6 Å². The third-order valence-electron chi connectivity index (χ3n) is 3.55. The maximum absolute atomic E-state index is 12.2. The second-order valence-corrected chi connectivity index (χ2v) is 5.15. The first-order valence-electron chi connectivity index (χ1n) is 7.14. The molecule has 0 saturated carbocycles. The zero-order chi connectivity index (χ0) is 18.6. The van der Waals surface area contributed by atoms with Crippen molar-refractivity contribution in [1.82, 2.24) is 5.43 Å². The number of rotatable bonds is 5. The van der Waals surface area contributed by atoms with E-state index in [-0.39, 0.29) is 22.5 Å². The Morgan fingerprint density at radius 1 is 1.08 bits per heavy atom. The van der Waals surface area contributed by atoms with E-state index in [0.29, 0.717) is 11.3 Å². The van der Waals surface area contributed by atoms with Gasteiger partial charge in [0.2, 0.25) is 0 Å². The summed E-state index contributed by atoms with van der Waals surface area (Å²) < 4.78 is 0. The molecule has 0 aliphatic heterocycles. The number of amides is 1. The van der Waals surface area contributed by atoms with Gasteiger partial charge in [0.1, 0.15) is 0 Å². The van der Waals surface area contributed by atoms with Crippen LogP contribution < -0.4 is 5.43 Å². The van der Waals surface area contributed by atoms with Crippen LogP contribution in [0.4, 0.5) is 11.4 Å². The Kier molecular flexibility index (Phi) is 5.18. The largest absolute Gasteiger partial charge is 0.273 e. The van der Waals surface area contributed by atoms with E-state index in [1.807, 2.05) is 0 Å². The van der Waals surface area contributed by atoms with E-state index in [4.69, 9.17) is 0 Å². The molecule has 2 rings (SSSR count). The standard InChI is InChI=1S/C16H14N4O5/c1-10-14(7-4-8-15(10)20(24)25)16(21)18-17-11(2)12-5-3-6-13(9-12)19(22)23/h3-9H,1-2H3,(H,18,21)/b17-11-. The summed E-state index contributed by atoms with van der Waals surface area (Å²) in [5.41, 5.74) is 3.26. The van der Waals surface area contributed by atoms with Crippen molar-refractivity contribution in [2.45, 2.75) is 13.8 Å². The van der Waals surface area contributed by atoms with E-state index in [0.717, 1.165) is 0 Å². The molecule has 0 aliphatic rings. The van der Waals surface area contributed by atoms with E-state index >= 15 is 0 Å². The Labute approximate surface area is 142 Å². The lowest BCUT2D eigenvalue weighted by atomic mass is 10.1. The molecule has 9 nitrogen and oxygen atoms in total. The average Bonchev–Trinajstić information content (AvgIpc) is 2.59. The molecule has 0 radical (unpaired) electrons. The molecule has 0 saturated heterocycles. The fourth-order valence-corrected chi connectivity index (χ4v) is 2.17. The molecule has 9 heteroatoms. The van der Waals surface area contributed by atoms with Crippen LogP contribution in [0.15, 0.2) is 47.6 Å². The highest BCUT2D eigenvalue weighted by Gasteiger charge is 2.17. The first kappa shape index (κ1) is 17.7. The van der Waals surface area contributed by atoms with Crippen molar-refractivity contribution in [3.8, 4) is 0 Å². The van der Waals surface area contributed by atoms with Gasteiger partial charge in [0.05, 0.1) is 21.1 Å². The minimum Gasteiger partial charge on any atom is -0.267 e. The number of hydrogen-bond donors (Lipinski definition) is 1. The maximum atomic E-state index is 12.2. The van der Waals surface area contributed by atoms with E-state index in [1.54, 1.807) is 13.0 Å². The predicted molar refractivity (Wildman–Crippen MR) is 90.6 cm³/mol. The summed E-state index contributed by atoms with van der Waals surface area (Å²) >= 11 is 0. The number of hydrogen-bond acceptors (Lipinski definition) is 6. The van der Waals surface area contributed by atoms with Gasteiger partial charge in [0.25, 0.3) is 17.3 Å². The van der Waals surface area contributed by atoms with Crippen molar-refractivity contribution in [1.29, 1.82) is 0 Å². The third kappa shape index (κ3) is 4.02. The summed E-state index contributed by atoms with van der Waals surface area (Å²) in [6.45, 7) is 3.06. The van der Waals surface area contributed by atoms with Crippen molar-refractivity contribution in [3.63, 3.8) is 0 Å². The summed E-state index contributed by atoms with van der Waals surface area (Å²) in [4.78, 5) is 32.8. The van der Waals surface area contributed by atoms with Crippen molar-refractivity contribution >= 4 is 23.0 Å². The number of nitro benzene ring substituents is 2. The number of carbonyl (C=O) groups is 1. The predicted octanol–water partition coefficient (Wildman–Crippen LogP) is 2.97. The van der Waals surface area contributed by atoms with E-state index in [2.05, 4.69) is 10.5 Å². The lowest BCUT2D eigenvalue weighted by Gasteiger charge is -2.06. The fraction of sp³-hybridized carbons (Fsp3) is 0.125. The van der Waals surface area contributed by atoms with Gasteiger partial charge in [-0.25, -0.2) is 5.43 Å². The minimum atomic E-state index is -0.606. The molecule has 25 heavy (non-hydrogen) atoms. The molecule has 0 aliphatic carbocycles. The number of nitrogens with zero attached hydrogens (tertiary/aromatic N) is 3. The van der Waals surface area contributed by atoms with Crippen molar-refractivity contribution in [2.75, 3.05) is 0 Å².